The van der Waals surface area contributed by atoms with Crippen LogP contribution in [0.5, 0.6) is 17.2 Å². The van der Waals surface area contributed by atoms with E-state index in [9.17, 15) is 5.11 Å². The van der Waals surface area contributed by atoms with Gasteiger partial charge in [-0.15, -0.1) is 0 Å². The molecule has 7 nitrogen and oxygen atoms in total. The van der Waals surface area contributed by atoms with Crippen molar-refractivity contribution in [2.24, 2.45) is 0 Å². The van der Waals surface area contributed by atoms with Crippen molar-refractivity contribution in [2.45, 2.75) is 12.6 Å². The molecule has 0 radical (unpaired) electrons. The summed E-state index contributed by atoms with van der Waals surface area (Å²) in [7, 11) is 4.84. The third-order valence-corrected chi connectivity index (χ3v) is 4.07. The van der Waals surface area contributed by atoms with Crippen molar-refractivity contribution < 1.29 is 24.1 Å². The zero-order chi connectivity index (χ0) is 17.4. The van der Waals surface area contributed by atoms with Crippen LogP contribution in [0.25, 0.3) is 0 Å². The van der Waals surface area contributed by atoms with Crippen molar-refractivity contribution in [3.05, 3.63) is 17.7 Å². The van der Waals surface area contributed by atoms with Gasteiger partial charge in [0.15, 0.2) is 0 Å². The molecule has 0 spiro atoms. The van der Waals surface area contributed by atoms with Gasteiger partial charge in [0.2, 0.25) is 0 Å². The first-order valence-electron chi connectivity index (χ1n) is 8.15. The minimum atomic E-state index is -0.432. The van der Waals surface area contributed by atoms with Crippen molar-refractivity contribution in [1.82, 2.24) is 10.2 Å². The SMILES string of the molecule is COc1cc(OC)c(CNC[C@@H](O)CN2CCOCC2)c(OC)c1. The number of methoxy groups -OCH3 is 3. The van der Waals surface area contributed by atoms with E-state index in [4.69, 9.17) is 18.9 Å². The number of benzene rings is 1. The fraction of sp³-hybridized carbons (Fsp3) is 0.647. The first-order chi connectivity index (χ1) is 11.7. The van der Waals surface area contributed by atoms with E-state index >= 15 is 0 Å². The van der Waals surface area contributed by atoms with E-state index in [1.165, 1.54) is 0 Å². The Morgan fingerprint density at radius 2 is 1.75 bits per heavy atom. The summed E-state index contributed by atoms with van der Waals surface area (Å²) in [6.07, 6.45) is -0.432. The highest BCUT2D eigenvalue weighted by Gasteiger charge is 2.16. The van der Waals surface area contributed by atoms with Gasteiger partial charge >= 0.3 is 0 Å². The molecule has 2 N–H and O–H groups in total. The van der Waals surface area contributed by atoms with Gasteiger partial charge in [0.25, 0.3) is 0 Å². The van der Waals surface area contributed by atoms with E-state index in [0.717, 1.165) is 31.9 Å². The predicted octanol–water partition coefficient (Wildman–Crippen LogP) is 0.495. The number of ether oxygens (including phenoxy) is 4. The molecule has 1 heterocycles. The number of aliphatic hydroxyl groups excluding tert-OH is 1. The second-order valence-electron chi connectivity index (χ2n) is 5.71. The molecule has 0 saturated carbocycles. The maximum atomic E-state index is 10.2. The van der Waals surface area contributed by atoms with Crippen molar-refractivity contribution in [2.75, 3.05) is 60.7 Å². The summed E-state index contributed by atoms with van der Waals surface area (Å²) >= 11 is 0. The molecule has 7 heteroatoms. The molecule has 1 saturated heterocycles. The Balaban J connectivity index is 1.88. The second kappa shape index (κ2) is 9.68. The fourth-order valence-electron chi connectivity index (χ4n) is 2.76. The Morgan fingerprint density at radius 1 is 1.12 bits per heavy atom. The highest BCUT2D eigenvalue weighted by Crippen LogP contribution is 2.33. The molecule has 0 aromatic heterocycles. The standard InChI is InChI=1S/C17H28N2O5/c1-21-14-8-16(22-2)15(17(9-14)23-3)11-18-10-13(20)12-19-4-6-24-7-5-19/h8-9,13,18,20H,4-7,10-12H2,1-3H3/t13-/m1/s1. The van der Waals surface area contributed by atoms with Crippen LogP contribution in [0.3, 0.4) is 0 Å². The van der Waals surface area contributed by atoms with Gasteiger partial charge in [-0.3, -0.25) is 4.90 Å². The average molecular weight is 340 g/mol. The molecule has 1 aliphatic rings. The average Bonchev–Trinajstić information content (AvgIpc) is 2.62. The number of nitrogens with one attached hydrogen (secondary N) is 1. The van der Waals surface area contributed by atoms with Crippen LogP contribution >= 0.6 is 0 Å². The van der Waals surface area contributed by atoms with E-state index in [1.807, 2.05) is 12.1 Å². The van der Waals surface area contributed by atoms with Gasteiger partial charge in [-0.25, -0.2) is 0 Å². The van der Waals surface area contributed by atoms with E-state index < -0.39 is 6.10 Å². The Hall–Kier alpha value is -1.54. The fourth-order valence-corrected chi connectivity index (χ4v) is 2.76. The van der Waals surface area contributed by atoms with Crippen molar-refractivity contribution in [1.29, 1.82) is 0 Å². The molecule has 0 unspecified atom stereocenters. The first kappa shape index (κ1) is 18.8. The van der Waals surface area contributed by atoms with Gasteiger partial charge in [-0.2, -0.15) is 0 Å². The van der Waals surface area contributed by atoms with Crippen molar-refractivity contribution in [3.8, 4) is 17.2 Å². The number of hydrogen-bond acceptors (Lipinski definition) is 7. The third-order valence-electron chi connectivity index (χ3n) is 4.07. The quantitative estimate of drug-likeness (QED) is 0.678. The Labute approximate surface area is 143 Å². The van der Waals surface area contributed by atoms with Gasteiger partial charge < -0.3 is 29.4 Å². The number of rotatable bonds is 9. The summed E-state index contributed by atoms with van der Waals surface area (Å²) in [6.45, 7) is 4.90. The molecule has 0 amide bonds. The number of morpholine rings is 1. The molecular formula is C17H28N2O5. The highest BCUT2D eigenvalue weighted by atomic mass is 16.5. The maximum Gasteiger partial charge on any atom is 0.130 e. The van der Waals surface area contributed by atoms with E-state index in [0.29, 0.717) is 36.9 Å². The summed E-state index contributed by atoms with van der Waals surface area (Å²) in [6, 6.07) is 3.65. The third kappa shape index (κ3) is 5.24. The molecule has 1 aromatic rings. The second-order valence-corrected chi connectivity index (χ2v) is 5.71. The summed E-state index contributed by atoms with van der Waals surface area (Å²) in [4.78, 5) is 2.21. The number of nitrogens with zero attached hydrogens (tertiary/aromatic N) is 1. The molecule has 136 valence electrons. The normalized spacial score (nSPS) is 16.7. The van der Waals surface area contributed by atoms with Crippen LogP contribution < -0.4 is 19.5 Å². The number of aliphatic hydroxyl groups is 1. The molecule has 0 aliphatic carbocycles. The van der Waals surface area contributed by atoms with Crippen LogP contribution in [0.15, 0.2) is 12.1 Å². The smallest absolute Gasteiger partial charge is 0.130 e. The van der Waals surface area contributed by atoms with Crippen LogP contribution in [-0.4, -0.2) is 76.8 Å². The van der Waals surface area contributed by atoms with Crippen LogP contribution in [-0.2, 0) is 11.3 Å². The van der Waals surface area contributed by atoms with Gasteiger partial charge in [-0.1, -0.05) is 0 Å². The molecule has 1 aliphatic heterocycles. The lowest BCUT2D eigenvalue weighted by Gasteiger charge is -2.28. The van der Waals surface area contributed by atoms with Crippen LogP contribution in [0.4, 0.5) is 0 Å². The maximum absolute atomic E-state index is 10.2. The monoisotopic (exact) mass is 340 g/mol. The molecule has 2 rings (SSSR count). The van der Waals surface area contributed by atoms with Crippen molar-refractivity contribution in [3.63, 3.8) is 0 Å². The predicted molar refractivity (Wildman–Crippen MR) is 91.1 cm³/mol. The van der Waals surface area contributed by atoms with Crippen LogP contribution in [0.1, 0.15) is 5.56 Å². The summed E-state index contributed by atoms with van der Waals surface area (Å²) in [5, 5.41) is 13.5. The topological polar surface area (TPSA) is 72.4 Å². The summed E-state index contributed by atoms with van der Waals surface area (Å²) in [5.74, 6) is 2.07. The summed E-state index contributed by atoms with van der Waals surface area (Å²) < 4.78 is 21.4. The van der Waals surface area contributed by atoms with Gasteiger partial charge in [0.05, 0.1) is 46.2 Å². The lowest BCUT2D eigenvalue weighted by atomic mass is 10.1. The van der Waals surface area contributed by atoms with E-state index in [-0.39, 0.29) is 0 Å². The molecule has 24 heavy (non-hydrogen) atoms. The largest absolute Gasteiger partial charge is 0.496 e. The minimum absolute atomic E-state index is 0.432. The Kier molecular flexibility index (Phi) is 7.58. The Morgan fingerprint density at radius 3 is 2.29 bits per heavy atom. The molecule has 1 fully saturated rings. The molecule has 0 bridgehead atoms. The highest BCUT2D eigenvalue weighted by molar-refractivity contribution is 5.50. The van der Waals surface area contributed by atoms with E-state index in [2.05, 4.69) is 10.2 Å². The van der Waals surface area contributed by atoms with Crippen molar-refractivity contribution >= 4 is 0 Å². The summed E-state index contributed by atoms with van der Waals surface area (Å²) in [5.41, 5.74) is 0.902. The molecular weight excluding hydrogens is 312 g/mol. The Bertz CT molecular complexity index is 481. The minimum Gasteiger partial charge on any atom is -0.496 e. The molecule has 1 atom stereocenters. The zero-order valence-electron chi connectivity index (χ0n) is 14.7. The van der Waals surface area contributed by atoms with Crippen LogP contribution in [0, 0.1) is 0 Å². The lowest BCUT2D eigenvalue weighted by Crippen LogP contribution is -2.43. The molecule has 1 aromatic carbocycles. The van der Waals surface area contributed by atoms with Gasteiger partial charge in [0, 0.05) is 44.9 Å². The van der Waals surface area contributed by atoms with Gasteiger partial charge in [-0.05, 0) is 0 Å². The zero-order valence-corrected chi connectivity index (χ0v) is 14.7. The number of β-amino-alcohol motifs (C(OH)–C–C–N with tert-alkyl or cyclic N) is 1. The van der Waals surface area contributed by atoms with Gasteiger partial charge in [0.1, 0.15) is 17.2 Å². The van der Waals surface area contributed by atoms with Crippen LogP contribution in [0.2, 0.25) is 0 Å². The lowest BCUT2D eigenvalue weighted by molar-refractivity contribution is 0.0149. The van der Waals surface area contributed by atoms with E-state index in [1.54, 1.807) is 21.3 Å². The number of hydrogen-bond donors (Lipinski definition) is 2. The first-order valence-corrected chi connectivity index (χ1v) is 8.15.